The number of rotatable bonds is 9. The van der Waals surface area contributed by atoms with Gasteiger partial charge in [0.2, 0.25) is 9.84 Å². The SMILES string of the molecule is CON=C(C1=C(O)C(=O)N(c2ncc(S(=O)(=O)c3ccc([N+](=O)[O-])cc3)s2)C1c1ccc(C(C)C)cc1)c1ccc(C)cc1. The highest BCUT2D eigenvalue weighted by molar-refractivity contribution is 7.93. The molecular formula is C31H28N4O7S2. The number of carbonyl (C=O) groups is 1. The molecule has 0 aliphatic carbocycles. The molecule has 0 saturated heterocycles. The first-order valence-corrected chi connectivity index (χ1v) is 15.7. The summed E-state index contributed by atoms with van der Waals surface area (Å²) in [6, 6.07) is 18.5. The van der Waals surface area contributed by atoms with Crippen LogP contribution in [-0.4, -0.2) is 42.2 Å². The second-order valence-electron chi connectivity index (χ2n) is 10.4. The van der Waals surface area contributed by atoms with Gasteiger partial charge in [-0.1, -0.05) is 84.4 Å². The van der Waals surface area contributed by atoms with Crippen LogP contribution in [0.1, 0.15) is 48.1 Å². The summed E-state index contributed by atoms with van der Waals surface area (Å²) in [6.45, 7) is 6.04. The summed E-state index contributed by atoms with van der Waals surface area (Å²) in [4.78, 5) is 34.7. The molecule has 3 aromatic carbocycles. The third kappa shape index (κ3) is 5.58. The van der Waals surface area contributed by atoms with E-state index in [4.69, 9.17) is 4.84 Å². The number of sulfone groups is 1. The topological polar surface area (TPSA) is 152 Å². The molecule has 0 radical (unpaired) electrons. The van der Waals surface area contributed by atoms with E-state index in [2.05, 4.69) is 24.0 Å². The van der Waals surface area contributed by atoms with Crippen LogP contribution in [0.2, 0.25) is 0 Å². The third-order valence-electron chi connectivity index (χ3n) is 7.19. The fourth-order valence-corrected chi connectivity index (χ4v) is 7.38. The average molecular weight is 633 g/mol. The van der Waals surface area contributed by atoms with E-state index in [1.807, 2.05) is 43.3 Å². The van der Waals surface area contributed by atoms with Gasteiger partial charge in [0.1, 0.15) is 17.0 Å². The summed E-state index contributed by atoms with van der Waals surface area (Å²) >= 11 is 0.743. The van der Waals surface area contributed by atoms with E-state index >= 15 is 0 Å². The smallest absolute Gasteiger partial charge is 0.296 e. The molecule has 11 nitrogen and oxygen atoms in total. The fraction of sp³-hybridized carbons (Fsp3) is 0.194. The number of aliphatic hydroxyl groups excluding tert-OH is 1. The van der Waals surface area contributed by atoms with Gasteiger partial charge in [-0.2, -0.15) is 0 Å². The molecule has 1 aliphatic heterocycles. The summed E-state index contributed by atoms with van der Waals surface area (Å²) in [7, 11) is -2.76. The molecule has 1 unspecified atom stereocenters. The molecule has 1 N–H and O–H groups in total. The molecule has 0 fully saturated rings. The van der Waals surface area contributed by atoms with Crippen LogP contribution in [0.15, 0.2) is 105 Å². The maximum absolute atomic E-state index is 13.8. The molecule has 0 bridgehead atoms. The predicted octanol–water partition coefficient (Wildman–Crippen LogP) is 6.27. The van der Waals surface area contributed by atoms with Gasteiger partial charge in [0.05, 0.1) is 27.6 Å². The van der Waals surface area contributed by atoms with E-state index in [1.54, 1.807) is 12.1 Å². The molecule has 0 spiro atoms. The van der Waals surface area contributed by atoms with Gasteiger partial charge in [0, 0.05) is 17.7 Å². The zero-order valence-electron chi connectivity index (χ0n) is 24.2. The summed E-state index contributed by atoms with van der Waals surface area (Å²) in [6.07, 6.45) is 1.13. The Balaban J connectivity index is 1.63. The van der Waals surface area contributed by atoms with E-state index < -0.39 is 32.5 Å². The number of aromatic nitrogens is 1. The lowest BCUT2D eigenvalue weighted by molar-refractivity contribution is -0.384. The van der Waals surface area contributed by atoms with Crippen LogP contribution < -0.4 is 4.90 Å². The van der Waals surface area contributed by atoms with E-state index in [1.165, 1.54) is 12.0 Å². The fourth-order valence-electron chi connectivity index (χ4n) is 4.83. The first-order valence-electron chi connectivity index (χ1n) is 13.4. The predicted molar refractivity (Wildman–Crippen MR) is 166 cm³/mol. The number of oxime groups is 1. The molecule has 1 aliphatic rings. The minimum atomic E-state index is -4.13. The molecular weight excluding hydrogens is 604 g/mol. The second kappa shape index (κ2) is 12.0. The first-order chi connectivity index (χ1) is 20.9. The normalized spacial score (nSPS) is 15.8. The number of anilines is 1. The zero-order chi connectivity index (χ0) is 31.8. The van der Waals surface area contributed by atoms with Crippen molar-refractivity contribution < 1.29 is 28.1 Å². The van der Waals surface area contributed by atoms with Gasteiger partial charge in [-0.05, 0) is 36.1 Å². The number of nitro benzene ring substituents is 1. The molecule has 1 aromatic heterocycles. The molecule has 1 amide bonds. The number of aryl methyl sites for hydroxylation is 1. The van der Waals surface area contributed by atoms with Crippen molar-refractivity contribution in [3.8, 4) is 0 Å². The van der Waals surface area contributed by atoms with Crippen molar-refractivity contribution in [2.75, 3.05) is 12.0 Å². The second-order valence-corrected chi connectivity index (χ2v) is 13.6. The van der Waals surface area contributed by atoms with Crippen LogP contribution in [0.3, 0.4) is 0 Å². The van der Waals surface area contributed by atoms with Crippen molar-refractivity contribution in [3.63, 3.8) is 0 Å². The Kier molecular flexibility index (Phi) is 8.35. The Bertz CT molecular complexity index is 1900. The Morgan fingerprint density at radius 3 is 2.27 bits per heavy atom. The van der Waals surface area contributed by atoms with E-state index in [0.717, 1.165) is 52.9 Å². The molecule has 5 rings (SSSR count). The van der Waals surface area contributed by atoms with Crippen molar-refractivity contribution >= 4 is 43.6 Å². The number of benzene rings is 3. The van der Waals surface area contributed by atoms with Crippen molar-refractivity contribution in [2.24, 2.45) is 5.16 Å². The van der Waals surface area contributed by atoms with Crippen molar-refractivity contribution in [1.29, 1.82) is 0 Å². The van der Waals surface area contributed by atoms with Gasteiger partial charge in [0.15, 0.2) is 10.9 Å². The molecule has 1 atom stereocenters. The van der Waals surface area contributed by atoms with Gasteiger partial charge in [-0.3, -0.25) is 19.8 Å². The van der Waals surface area contributed by atoms with Crippen LogP contribution in [0.25, 0.3) is 0 Å². The lowest BCUT2D eigenvalue weighted by Gasteiger charge is -2.25. The van der Waals surface area contributed by atoms with E-state index in [9.17, 15) is 28.4 Å². The average Bonchev–Trinajstić information content (AvgIpc) is 3.60. The first kappa shape index (κ1) is 30.6. The van der Waals surface area contributed by atoms with Crippen LogP contribution in [0.5, 0.6) is 0 Å². The van der Waals surface area contributed by atoms with Gasteiger partial charge in [-0.15, -0.1) is 0 Å². The number of hydrogen-bond donors (Lipinski definition) is 1. The van der Waals surface area contributed by atoms with E-state index in [-0.39, 0.29) is 37.1 Å². The maximum atomic E-state index is 13.8. The lowest BCUT2D eigenvalue weighted by Crippen LogP contribution is -2.31. The summed E-state index contributed by atoms with van der Waals surface area (Å²) < 4.78 is 26.6. The largest absolute Gasteiger partial charge is 0.503 e. The molecule has 0 saturated carbocycles. The molecule has 2 heterocycles. The summed E-state index contributed by atoms with van der Waals surface area (Å²) in [5, 5.41) is 26.6. The van der Waals surface area contributed by atoms with Crippen molar-refractivity contribution in [3.05, 3.63) is 123 Å². The Morgan fingerprint density at radius 2 is 1.70 bits per heavy atom. The number of non-ortho nitro benzene ring substituents is 1. The number of nitrogens with zero attached hydrogens (tertiary/aromatic N) is 4. The lowest BCUT2D eigenvalue weighted by atomic mass is 9.90. The highest BCUT2D eigenvalue weighted by Crippen LogP contribution is 2.44. The monoisotopic (exact) mass is 632 g/mol. The third-order valence-corrected chi connectivity index (χ3v) is 10.4. The Morgan fingerprint density at radius 1 is 1.07 bits per heavy atom. The summed E-state index contributed by atoms with van der Waals surface area (Å²) in [5.74, 6) is -1.12. The highest BCUT2D eigenvalue weighted by Gasteiger charge is 2.45. The van der Waals surface area contributed by atoms with Gasteiger partial charge in [-0.25, -0.2) is 13.4 Å². The zero-order valence-corrected chi connectivity index (χ0v) is 25.8. The number of hydrogen-bond acceptors (Lipinski definition) is 10. The number of amides is 1. The Labute approximate surface area is 257 Å². The van der Waals surface area contributed by atoms with Gasteiger partial charge < -0.3 is 9.94 Å². The molecule has 44 heavy (non-hydrogen) atoms. The molecule has 226 valence electrons. The van der Waals surface area contributed by atoms with Crippen molar-refractivity contribution in [1.82, 2.24) is 4.98 Å². The van der Waals surface area contributed by atoms with E-state index in [0.29, 0.717) is 11.1 Å². The van der Waals surface area contributed by atoms with Gasteiger partial charge in [0.25, 0.3) is 11.6 Å². The summed E-state index contributed by atoms with van der Waals surface area (Å²) in [5.41, 5.74) is 3.44. The quantitative estimate of drug-likeness (QED) is 0.129. The van der Waals surface area contributed by atoms with Crippen LogP contribution in [0.4, 0.5) is 10.8 Å². The maximum Gasteiger partial charge on any atom is 0.296 e. The standard InChI is InChI=1S/C31H28N4O7S2/c1-18(2)20-9-11-22(12-10-20)28-26(27(33-42-4)21-7-5-19(3)6-8-21)29(36)30(37)34(28)31-32-17-25(43-31)44(40,41)24-15-13-23(14-16-24)35(38)39/h5-18,28,36H,1-4H3. The number of carbonyl (C=O) groups excluding carboxylic acids is 1. The molecule has 4 aromatic rings. The number of thiazole rings is 1. The van der Waals surface area contributed by atoms with Crippen LogP contribution >= 0.6 is 11.3 Å². The van der Waals surface area contributed by atoms with Crippen LogP contribution in [0, 0.1) is 17.0 Å². The number of nitro groups is 1. The highest BCUT2D eigenvalue weighted by atomic mass is 32.2. The Hall–Kier alpha value is -4.88. The molecule has 13 heteroatoms. The van der Waals surface area contributed by atoms with Crippen LogP contribution in [-0.2, 0) is 19.5 Å². The minimum Gasteiger partial charge on any atom is -0.503 e. The minimum absolute atomic E-state index is 0.0237. The van der Waals surface area contributed by atoms with Gasteiger partial charge >= 0.3 is 0 Å². The van der Waals surface area contributed by atoms with Crippen molar-refractivity contribution in [2.45, 2.75) is 41.8 Å². The number of aliphatic hydroxyl groups is 1.